The lowest BCUT2D eigenvalue weighted by atomic mass is 9.93. The van der Waals surface area contributed by atoms with Crippen molar-refractivity contribution in [2.24, 2.45) is 0 Å². The van der Waals surface area contributed by atoms with Crippen molar-refractivity contribution in [2.75, 3.05) is 13.1 Å². The van der Waals surface area contributed by atoms with Crippen LogP contribution in [0.4, 0.5) is 4.79 Å². The first kappa shape index (κ1) is 22.7. The summed E-state index contributed by atoms with van der Waals surface area (Å²) in [6.07, 6.45) is 2.83. The number of rotatable bonds is 3. The second kappa shape index (κ2) is 9.03. The molecule has 1 N–H and O–H groups in total. The summed E-state index contributed by atoms with van der Waals surface area (Å²) in [5, 5.41) is 2.62. The number of nitrogens with one attached hydrogen (secondary N) is 1. The van der Waals surface area contributed by atoms with Gasteiger partial charge in [-0.25, -0.2) is 4.79 Å². The van der Waals surface area contributed by atoms with Gasteiger partial charge in [0.05, 0.1) is 12.5 Å². The van der Waals surface area contributed by atoms with Gasteiger partial charge in [0.1, 0.15) is 11.4 Å². The normalized spacial score (nSPS) is 20.5. The van der Waals surface area contributed by atoms with Crippen LogP contribution in [0.2, 0.25) is 0 Å². The van der Waals surface area contributed by atoms with Crippen molar-refractivity contribution in [3.05, 3.63) is 34.2 Å². The highest BCUT2D eigenvalue weighted by atomic mass is 16.6. The number of nitrogens with zero attached hydrogens (tertiary/aromatic N) is 2. The van der Waals surface area contributed by atoms with Crippen LogP contribution >= 0.6 is 0 Å². The van der Waals surface area contributed by atoms with E-state index in [1.165, 1.54) is 6.07 Å². The number of carbonyl (C=O) groups excluding carboxylic acids is 4. The van der Waals surface area contributed by atoms with Gasteiger partial charge in [0, 0.05) is 43.4 Å². The molecule has 1 saturated carbocycles. The summed E-state index contributed by atoms with van der Waals surface area (Å²) in [4.78, 5) is 62.1. The van der Waals surface area contributed by atoms with Crippen molar-refractivity contribution < 1.29 is 23.9 Å². The minimum atomic E-state index is -0.690. The minimum absolute atomic E-state index is 0.0748. The topological polar surface area (TPSA) is 115 Å². The molecular weight excluding hydrogens is 402 g/mol. The zero-order chi connectivity index (χ0) is 22.8. The zero-order valence-electron chi connectivity index (χ0n) is 18.2. The Morgan fingerprint density at radius 1 is 1.10 bits per heavy atom. The standard InChI is InChI=1S/C22H29N3O6/c1-22(2,3)31-21(30)24-9-7-15(8-10-24)25-11-6-14(12-19(25)28)20(29)23-17-5-4-16(26)13-18(17)27/h6,11-12,15,17H,4-5,7-10,13H2,1-3H3,(H,23,29)/t17-/m0/s1. The maximum Gasteiger partial charge on any atom is 0.410 e. The Morgan fingerprint density at radius 2 is 1.77 bits per heavy atom. The third-order valence-corrected chi connectivity index (χ3v) is 5.50. The average molecular weight is 431 g/mol. The molecule has 31 heavy (non-hydrogen) atoms. The molecule has 2 fully saturated rings. The summed E-state index contributed by atoms with van der Waals surface area (Å²) in [5.41, 5.74) is -0.690. The van der Waals surface area contributed by atoms with E-state index in [4.69, 9.17) is 4.74 Å². The van der Waals surface area contributed by atoms with Crippen molar-refractivity contribution in [1.82, 2.24) is 14.8 Å². The van der Waals surface area contributed by atoms with Crippen LogP contribution in [0.3, 0.4) is 0 Å². The summed E-state index contributed by atoms with van der Waals surface area (Å²) in [6.45, 7) is 6.42. The lowest BCUT2D eigenvalue weighted by molar-refractivity contribution is -0.131. The van der Waals surface area contributed by atoms with Gasteiger partial charge in [0.2, 0.25) is 0 Å². The van der Waals surface area contributed by atoms with E-state index in [1.54, 1.807) is 21.7 Å². The van der Waals surface area contributed by atoms with E-state index in [0.717, 1.165) is 0 Å². The van der Waals surface area contributed by atoms with Gasteiger partial charge in [-0.15, -0.1) is 0 Å². The molecule has 1 aliphatic carbocycles. The lowest BCUT2D eigenvalue weighted by Crippen LogP contribution is -2.45. The highest BCUT2D eigenvalue weighted by Gasteiger charge is 2.30. The molecule has 2 aliphatic rings. The molecule has 1 aromatic heterocycles. The van der Waals surface area contributed by atoms with E-state index >= 15 is 0 Å². The molecule has 0 radical (unpaired) electrons. The van der Waals surface area contributed by atoms with Gasteiger partial charge in [-0.3, -0.25) is 19.2 Å². The van der Waals surface area contributed by atoms with E-state index < -0.39 is 17.6 Å². The summed E-state index contributed by atoms with van der Waals surface area (Å²) in [7, 11) is 0. The Hall–Kier alpha value is -2.97. The van der Waals surface area contributed by atoms with Crippen molar-refractivity contribution >= 4 is 23.6 Å². The minimum Gasteiger partial charge on any atom is -0.444 e. The highest BCUT2D eigenvalue weighted by Crippen LogP contribution is 2.23. The largest absolute Gasteiger partial charge is 0.444 e. The van der Waals surface area contributed by atoms with Crippen LogP contribution in [0, 0.1) is 0 Å². The molecule has 1 saturated heterocycles. The molecule has 0 bridgehead atoms. The first-order chi connectivity index (χ1) is 14.5. The number of likely N-dealkylation sites (tertiary alicyclic amines) is 1. The van der Waals surface area contributed by atoms with Gasteiger partial charge in [-0.05, 0) is 46.1 Å². The Labute approximate surface area is 180 Å². The van der Waals surface area contributed by atoms with E-state index in [2.05, 4.69) is 5.32 Å². The molecule has 0 spiro atoms. The van der Waals surface area contributed by atoms with Gasteiger partial charge in [0.15, 0.2) is 5.78 Å². The monoisotopic (exact) mass is 431 g/mol. The first-order valence-electron chi connectivity index (χ1n) is 10.6. The fourth-order valence-electron chi connectivity index (χ4n) is 3.85. The van der Waals surface area contributed by atoms with Crippen molar-refractivity contribution in [3.8, 4) is 0 Å². The van der Waals surface area contributed by atoms with E-state index in [-0.39, 0.29) is 54.1 Å². The lowest BCUT2D eigenvalue weighted by Gasteiger charge is -2.34. The molecule has 0 unspecified atom stereocenters. The molecule has 1 aliphatic heterocycles. The summed E-state index contributed by atoms with van der Waals surface area (Å²) >= 11 is 0. The van der Waals surface area contributed by atoms with Crippen LogP contribution < -0.4 is 10.9 Å². The predicted molar refractivity (Wildman–Crippen MR) is 112 cm³/mol. The van der Waals surface area contributed by atoms with Crippen molar-refractivity contribution in [2.45, 2.75) is 70.6 Å². The second-order valence-electron chi connectivity index (χ2n) is 9.11. The van der Waals surface area contributed by atoms with Gasteiger partial charge >= 0.3 is 6.09 Å². The molecule has 1 atom stereocenters. The number of aromatic nitrogens is 1. The summed E-state index contributed by atoms with van der Waals surface area (Å²) in [5.74, 6) is -0.915. The number of carbonyl (C=O) groups is 4. The fourth-order valence-corrected chi connectivity index (χ4v) is 3.85. The molecule has 3 rings (SSSR count). The Balaban J connectivity index is 1.59. The van der Waals surface area contributed by atoms with Gasteiger partial charge in [-0.1, -0.05) is 0 Å². The molecular formula is C22H29N3O6. The first-order valence-corrected chi connectivity index (χ1v) is 10.6. The third-order valence-electron chi connectivity index (χ3n) is 5.50. The number of hydrogen-bond acceptors (Lipinski definition) is 6. The Morgan fingerprint density at radius 3 is 2.35 bits per heavy atom. The van der Waals surface area contributed by atoms with Crippen molar-refractivity contribution in [3.63, 3.8) is 0 Å². The van der Waals surface area contributed by atoms with Crippen LogP contribution in [0.1, 0.15) is 69.3 Å². The quantitative estimate of drug-likeness (QED) is 0.731. The third kappa shape index (κ3) is 5.80. The fraction of sp³-hybridized carbons (Fsp3) is 0.591. The number of pyridine rings is 1. The van der Waals surface area contributed by atoms with Crippen LogP contribution in [-0.2, 0) is 14.3 Å². The summed E-state index contributed by atoms with van der Waals surface area (Å²) in [6, 6.07) is 2.04. The maximum absolute atomic E-state index is 12.6. The number of hydrogen-bond donors (Lipinski definition) is 1. The average Bonchev–Trinajstić information content (AvgIpc) is 2.69. The number of amides is 2. The van der Waals surface area contributed by atoms with E-state index in [9.17, 15) is 24.0 Å². The number of ether oxygens (including phenoxy) is 1. The Bertz CT molecular complexity index is 937. The maximum atomic E-state index is 12.6. The molecule has 2 amide bonds. The van der Waals surface area contributed by atoms with E-state index in [0.29, 0.717) is 25.9 Å². The molecule has 9 heteroatoms. The van der Waals surface area contributed by atoms with Crippen LogP contribution in [-0.4, -0.2) is 57.8 Å². The van der Waals surface area contributed by atoms with Gasteiger partial charge < -0.3 is 19.5 Å². The number of piperidine rings is 1. The molecule has 0 aromatic carbocycles. The zero-order valence-corrected chi connectivity index (χ0v) is 18.2. The Kier molecular flexibility index (Phi) is 6.62. The molecule has 2 heterocycles. The van der Waals surface area contributed by atoms with Crippen LogP contribution in [0.25, 0.3) is 0 Å². The molecule has 9 nitrogen and oxygen atoms in total. The van der Waals surface area contributed by atoms with E-state index in [1.807, 2.05) is 20.8 Å². The summed E-state index contributed by atoms with van der Waals surface area (Å²) < 4.78 is 6.97. The smallest absolute Gasteiger partial charge is 0.410 e. The van der Waals surface area contributed by atoms with Crippen LogP contribution in [0.5, 0.6) is 0 Å². The number of ketones is 2. The highest BCUT2D eigenvalue weighted by molar-refractivity contribution is 6.06. The molecule has 1 aromatic rings. The van der Waals surface area contributed by atoms with Crippen LogP contribution in [0.15, 0.2) is 23.1 Å². The predicted octanol–water partition coefficient (Wildman–Crippen LogP) is 1.84. The number of Topliss-reactive ketones (excluding diaryl/α,β-unsaturated/α-hetero) is 2. The van der Waals surface area contributed by atoms with Gasteiger partial charge in [-0.2, -0.15) is 0 Å². The van der Waals surface area contributed by atoms with Gasteiger partial charge in [0.25, 0.3) is 11.5 Å². The molecule has 168 valence electrons. The second-order valence-corrected chi connectivity index (χ2v) is 9.11. The van der Waals surface area contributed by atoms with Crippen molar-refractivity contribution in [1.29, 1.82) is 0 Å². The SMILES string of the molecule is CC(C)(C)OC(=O)N1CCC(n2ccc(C(=O)N[C@H]3CCC(=O)CC3=O)cc2=O)CC1.